The van der Waals surface area contributed by atoms with Crippen LogP contribution in [-0.4, -0.2) is 62.2 Å². The van der Waals surface area contributed by atoms with Crippen molar-refractivity contribution in [2.45, 2.75) is 50.5 Å². The quantitative estimate of drug-likeness (QED) is 0.415. The van der Waals surface area contributed by atoms with Crippen LogP contribution in [0.4, 0.5) is 0 Å². The second-order valence-corrected chi connectivity index (χ2v) is 4.18. The molecule has 0 radical (unpaired) electrons. The van der Waals surface area contributed by atoms with Gasteiger partial charge >= 0.3 is 0 Å². The van der Waals surface area contributed by atoms with Crippen LogP contribution >= 0.6 is 0 Å². The Balaban J connectivity index is 3.09. The topological polar surface area (TPSA) is 124 Å². The van der Waals surface area contributed by atoms with Crippen molar-refractivity contribution in [3.63, 3.8) is 0 Å². The zero-order valence-electron chi connectivity index (χ0n) is 9.53. The number of ketones is 2. The molecular weight excluding hydrogens is 232 g/mol. The molecule has 4 N–H and O–H groups in total. The molecule has 1 fully saturated rings. The fraction of sp³-hybridized carbons (Fsp3) is 0.800. The number of carbonyl (C=O) groups excluding carboxylic acids is 2. The third-order valence-corrected chi connectivity index (χ3v) is 2.94. The van der Waals surface area contributed by atoms with Crippen molar-refractivity contribution in [1.29, 1.82) is 0 Å². The molecule has 1 aliphatic rings. The molecule has 98 valence electrons. The van der Waals surface area contributed by atoms with Gasteiger partial charge in [-0.25, -0.2) is 0 Å². The minimum atomic E-state index is -2.57. The van der Waals surface area contributed by atoms with Crippen LogP contribution in [0.15, 0.2) is 0 Å². The highest BCUT2D eigenvalue weighted by Crippen LogP contribution is 2.28. The Bertz CT molecular complexity index is 313. The standard InChI is InChI=1S/C10H16O7/c1-4(11)10(16,5(2)12)9-8(15)6(13)3-7(14)17-9/h6-9,13-16H,3H2,1-2H3/t6-,7+,8+,9+/m1/s1. The summed E-state index contributed by atoms with van der Waals surface area (Å²) in [6.45, 7) is 1.93. The number of aliphatic hydroxyl groups is 4. The Hall–Kier alpha value is -0.860. The van der Waals surface area contributed by atoms with E-state index in [1.165, 1.54) is 0 Å². The van der Waals surface area contributed by atoms with E-state index < -0.39 is 41.8 Å². The Morgan fingerprint density at radius 3 is 2.06 bits per heavy atom. The molecule has 17 heavy (non-hydrogen) atoms. The van der Waals surface area contributed by atoms with Gasteiger partial charge in [-0.2, -0.15) is 0 Å². The van der Waals surface area contributed by atoms with E-state index in [1.54, 1.807) is 0 Å². The van der Waals surface area contributed by atoms with Crippen molar-refractivity contribution >= 4 is 11.6 Å². The molecule has 1 rings (SSSR count). The van der Waals surface area contributed by atoms with E-state index in [2.05, 4.69) is 0 Å². The maximum absolute atomic E-state index is 11.3. The van der Waals surface area contributed by atoms with Gasteiger partial charge in [0.15, 0.2) is 17.9 Å². The summed E-state index contributed by atoms with van der Waals surface area (Å²) >= 11 is 0. The lowest BCUT2D eigenvalue weighted by atomic mass is 9.82. The molecule has 4 atom stereocenters. The van der Waals surface area contributed by atoms with Gasteiger partial charge in [0.05, 0.1) is 6.10 Å². The molecule has 0 bridgehead atoms. The van der Waals surface area contributed by atoms with Crippen LogP contribution in [0.3, 0.4) is 0 Å². The van der Waals surface area contributed by atoms with Gasteiger partial charge in [-0.1, -0.05) is 0 Å². The highest BCUT2D eigenvalue weighted by atomic mass is 16.6. The van der Waals surface area contributed by atoms with Crippen LogP contribution in [0.2, 0.25) is 0 Å². The van der Waals surface area contributed by atoms with Crippen LogP contribution in [0.1, 0.15) is 20.3 Å². The minimum Gasteiger partial charge on any atom is -0.390 e. The van der Waals surface area contributed by atoms with Crippen molar-refractivity contribution in [3.05, 3.63) is 0 Å². The first kappa shape index (κ1) is 14.2. The second kappa shape index (κ2) is 4.79. The van der Waals surface area contributed by atoms with Crippen molar-refractivity contribution in [3.8, 4) is 0 Å². The first-order valence-corrected chi connectivity index (χ1v) is 5.15. The highest BCUT2D eigenvalue weighted by molar-refractivity contribution is 6.09. The number of rotatable bonds is 3. The summed E-state index contributed by atoms with van der Waals surface area (Å²) < 4.78 is 4.81. The lowest BCUT2D eigenvalue weighted by Crippen LogP contribution is -2.65. The maximum atomic E-state index is 11.3. The molecule has 7 nitrogen and oxygen atoms in total. The van der Waals surface area contributed by atoms with Crippen molar-refractivity contribution < 1.29 is 34.8 Å². The van der Waals surface area contributed by atoms with Gasteiger partial charge in [0, 0.05) is 6.42 Å². The third kappa shape index (κ3) is 2.38. The van der Waals surface area contributed by atoms with Crippen molar-refractivity contribution in [1.82, 2.24) is 0 Å². The van der Waals surface area contributed by atoms with Gasteiger partial charge in [-0.05, 0) is 13.8 Å². The molecule has 0 aromatic carbocycles. The molecule has 1 saturated heterocycles. The van der Waals surface area contributed by atoms with E-state index in [0.29, 0.717) is 0 Å². The summed E-state index contributed by atoms with van der Waals surface area (Å²) in [5.74, 6) is -1.84. The fourth-order valence-corrected chi connectivity index (χ4v) is 1.85. The molecule has 0 aromatic rings. The lowest BCUT2D eigenvalue weighted by Gasteiger charge is -2.41. The monoisotopic (exact) mass is 248 g/mol. The normalized spacial score (nSPS) is 34.5. The molecule has 1 aliphatic heterocycles. The minimum absolute atomic E-state index is 0.260. The predicted molar refractivity (Wildman–Crippen MR) is 53.8 cm³/mol. The van der Waals surface area contributed by atoms with E-state index in [9.17, 15) is 30.0 Å². The zero-order valence-corrected chi connectivity index (χ0v) is 9.53. The Labute approximate surface area is 97.6 Å². The first-order chi connectivity index (χ1) is 7.71. The molecule has 0 aliphatic carbocycles. The molecule has 0 saturated carbocycles. The molecule has 0 amide bonds. The SMILES string of the molecule is CC(=O)C(O)(C(C)=O)[C@H]1O[C@H](O)C[C@@H](O)[C@@H]1O. The summed E-state index contributed by atoms with van der Waals surface area (Å²) in [5.41, 5.74) is -2.57. The molecule has 7 heteroatoms. The molecule has 0 unspecified atom stereocenters. The number of carbonyl (C=O) groups is 2. The van der Waals surface area contributed by atoms with Crippen molar-refractivity contribution in [2.24, 2.45) is 0 Å². The fourth-order valence-electron chi connectivity index (χ4n) is 1.85. The Morgan fingerprint density at radius 2 is 1.65 bits per heavy atom. The summed E-state index contributed by atoms with van der Waals surface area (Å²) in [7, 11) is 0. The number of aliphatic hydroxyl groups excluding tert-OH is 3. The van der Waals surface area contributed by atoms with Crippen LogP contribution in [0, 0.1) is 0 Å². The number of hydrogen-bond acceptors (Lipinski definition) is 7. The van der Waals surface area contributed by atoms with Gasteiger partial charge in [0.2, 0.25) is 5.60 Å². The number of hydrogen-bond donors (Lipinski definition) is 4. The number of Topliss-reactive ketones (excluding diaryl/α,β-unsaturated/α-hetero) is 2. The van der Waals surface area contributed by atoms with E-state index in [-0.39, 0.29) is 6.42 Å². The predicted octanol–water partition coefficient (Wildman–Crippen LogP) is -2.28. The van der Waals surface area contributed by atoms with E-state index in [0.717, 1.165) is 13.8 Å². The highest BCUT2D eigenvalue weighted by Gasteiger charge is 2.54. The van der Waals surface area contributed by atoms with Gasteiger partial charge in [0.25, 0.3) is 0 Å². The summed E-state index contributed by atoms with van der Waals surface area (Å²) in [5, 5.41) is 38.3. The smallest absolute Gasteiger partial charge is 0.209 e. The van der Waals surface area contributed by atoms with Crippen LogP contribution in [0.25, 0.3) is 0 Å². The van der Waals surface area contributed by atoms with E-state index in [4.69, 9.17) is 4.74 Å². The lowest BCUT2D eigenvalue weighted by molar-refractivity contribution is -0.265. The summed E-state index contributed by atoms with van der Waals surface area (Å²) in [6.07, 6.45) is -6.41. The number of ether oxygens (including phenoxy) is 1. The molecule has 1 heterocycles. The van der Waals surface area contributed by atoms with Crippen LogP contribution < -0.4 is 0 Å². The van der Waals surface area contributed by atoms with Crippen LogP contribution in [-0.2, 0) is 14.3 Å². The zero-order chi connectivity index (χ0) is 13.4. The Morgan fingerprint density at radius 1 is 1.18 bits per heavy atom. The maximum Gasteiger partial charge on any atom is 0.209 e. The summed E-state index contributed by atoms with van der Waals surface area (Å²) in [6, 6.07) is 0. The largest absolute Gasteiger partial charge is 0.390 e. The van der Waals surface area contributed by atoms with Crippen molar-refractivity contribution in [2.75, 3.05) is 0 Å². The summed E-state index contributed by atoms with van der Waals surface area (Å²) in [4.78, 5) is 22.7. The van der Waals surface area contributed by atoms with Gasteiger partial charge in [-0.3, -0.25) is 9.59 Å². The average Bonchev–Trinajstić information content (AvgIpc) is 2.21. The van der Waals surface area contributed by atoms with E-state index in [1.807, 2.05) is 0 Å². The first-order valence-electron chi connectivity index (χ1n) is 5.15. The van der Waals surface area contributed by atoms with E-state index >= 15 is 0 Å². The van der Waals surface area contributed by atoms with Gasteiger partial charge in [-0.15, -0.1) is 0 Å². The third-order valence-electron chi connectivity index (χ3n) is 2.94. The molecular formula is C10H16O7. The van der Waals surface area contributed by atoms with Crippen LogP contribution in [0.5, 0.6) is 0 Å². The second-order valence-electron chi connectivity index (χ2n) is 4.18. The molecule has 0 aromatic heterocycles. The average molecular weight is 248 g/mol. The van der Waals surface area contributed by atoms with Gasteiger partial charge < -0.3 is 25.2 Å². The Kier molecular flexibility index (Phi) is 4.00. The molecule has 0 spiro atoms. The van der Waals surface area contributed by atoms with Gasteiger partial charge in [0.1, 0.15) is 12.2 Å².